The zero-order valence-electron chi connectivity index (χ0n) is 17.6. The van der Waals surface area contributed by atoms with Gasteiger partial charge in [0.25, 0.3) is 0 Å². The van der Waals surface area contributed by atoms with Crippen molar-refractivity contribution in [2.45, 2.75) is 61.3 Å². The van der Waals surface area contributed by atoms with E-state index in [0.29, 0.717) is 11.6 Å². The molecule has 1 aromatic heterocycles. The first-order chi connectivity index (χ1) is 15.1. The van der Waals surface area contributed by atoms with Crippen LogP contribution >= 0.6 is 11.6 Å². The number of hydrogen-bond acceptors (Lipinski definition) is 6. The van der Waals surface area contributed by atoms with E-state index < -0.39 is 10.8 Å². The number of halogens is 1. The van der Waals surface area contributed by atoms with Crippen LogP contribution in [0, 0.1) is 0 Å². The lowest BCUT2D eigenvalue weighted by Gasteiger charge is -2.42. The van der Waals surface area contributed by atoms with Crippen molar-refractivity contribution in [3.05, 3.63) is 40.8 Å². The highest BCUT2D eigenvalue weighted by molar-refractivity contribution is 7.85. The van der Waals surface area contributed by atoms with E-state index in [1.807, 2.05) is 12.1 Å². The summed E-state index contributed by atoms with van der Waals surface area (Å²) < 4.78 is 12.8. The summed E-state index contributed by atoms with van der Waals surface area (Å²) >= 11 is 6.03. The van der Waals surface area contributed by atoms with Crippen molar-refractivity contribution in [1.82, 2.24) is 9.97 Å². The monoisotopic (exact) mass is 460 g/mol. The van der Waals surface area contributed by atoms with Crippen molar-refractivity contribution < 1.29 is 9.32 Å². The van der Waals surface area contributed by atoms with E-state index >= 15 is 0 Å². The fourth-order valence-electron chi connectivity index (χ4n) is 4.89. The van der Waals surface area contributed by atoms with Crippen LogP contribution in [-0.2, 0) is 17.2 Å². The Balaban J connectivity index is 1.39. The molecule has 6 nitrogen and oxygen atoms in total. The van der Waals surface area contributed by atoms with Gasteiger partial charge in [0.2, 0.25) is 0 Å². The third-order valence-corrected chi connectivity index (χ3v) is 8.77. The molecular formula is C23H29ClN4O2S. The number of aryl methyl sites for hydroxylation is 1. The summed E-state index contributed by atoms with van der Waals surface area (Å²) in [6.45, 7) is 1.97. The number of anilines is 2. The first-order valence-corrected chi connectivity index (χ1v) is 13.0. The summed E-state index contributed by atoms with van der Waals surface area (Å²) in [7, 11) is -1.08. The highest BCUT2D eigenvalue weighted by Gasteiger charge is 2.38. The number of aliphatic hydroxyl groups excluding tert-OH is 1. The Kier molecular flexibility index (Phi) is 5.92. The number of aliphatic hydroxyl groups is 1. The Hall–Kier alpha value is -1.70. The van der Waals surface area contributed by atoms with Gasteiger partial charge in [-0.15, -0.1) is 0 Å². The number of hydrogen-bond donors (Lipinski definition) is 2. The van der Waals surface area contributed by atoms with E-state index in [2.05, 4.69) is 22.3 Å². The molecule has 2 N–H and O–H groups in total. The zero-order valence-corrected chi connectivity index (χ0v) is 19.2. The molecule has 3 aliphatic rings. The predicted octanol–water partition coefficient (Wildman–Crippen LogP) is 3.89. The molecule has 31 heavy (non-hydrogen) atoms. The lowest BCUT2D eigenvalue weighted by molar-refractivity contribution is 0.143. The molecule has 0 spiro atoms. The van der Waals surface area contributed by atoms with E-state index in [-0.39, 0.29) is 18.1 Å². The molecule has 1 atom stereocenters. The van der Waals surface area contributed by atoms with Crippen molar-refractivity contribution in [2.75, 3.05) is 35.7 Å². The van der Waals surface area contributed by atoms with Gasteiger partial charge < -0.3 is 15.3 Å². The number of piperidine rings is 1. The fraction of sp³-hybridized carbons (Fsp3) is 0.565. The molecule has 1 aliphatic carbocycles. The lowest BCUT2D eigenvalue weighted by Crippen LogP contribution is -2.49. The van der Waals surface area contributed by atoms with Crippen LogP contribution in [0.4, 0.5) is 11.5 Å². The maximum atomic E-state index is 12.8. The quantitative estimate of drug-likeness (QED) is 0.704. The number of benzene rings is 1. The average Bonchev–Trinajstić information content (AvgIpc) is 2.77. The Morgan fingerprint density at radius 3 is 2.55 bits per heavy atom. The summed E-state index contributed by atoms with van der Waals surface area (Å²) in [5.74, 6) is 2.52. The molecule has 0 radical (unpaired) electrons. The Bertz CT molecular complexity index is 967. The number of nitrogens with one attached hydrogen (secondary N) is 1. The van der Waals surface area contributed by atoms with Crippen LogP contribution in [0.2, 0.25) is 5.02 Å². The second-order valence-electron chi connectivity index (χ2n) is 9.01. The molecule has 1 saturated heterocycles. The molecule has 1 aromatic carbocycles. The van der Waals surface area contributed by atoms with Gasteiger partial charge in [0.05, 0.1) is 28.6 Å². The van der Waals surface area contributed by atoms with Crippen molar-refractivity contribution in [3.8, 4) is 0 Å². The highest BCUT2D eigenvalue weighted by atomic mass is 35.5. The van der Waals surface area contributed by atoms with Crippen molar-refractivity contribution >= 4 is 33.9 Å². The van der Waals surface area contributed by atoms with Crippen molar-refractivity contribution in [2.24, 2.45) is 0 Å². The average molecular weight is 461 g/mol. The molecule has 1 saturated carbocycles. The number of aromatic nitrogens is 2. The zero-order chi connectivity index (χ0) is 21.4. The maximum absolute atomic E-state index is 12.8. The Labute approximate surface area is 190 Å². The first kappa shape index (κ1) is 21.2. The fourth-order valence-corrected chi connectivity index (χ4v) is 6.35. The van der Waals surface area contributed by atoms with Gasteiger partial charge in [-0.1, -0.05) is 11.6 Å². The van der Waals surface area contributed by atoms with E-state index in [1.54, 1.807) is 0 Å². The molecule has 2 aromatic rings. The molecule has 166 valence electrons. The molecular weight excluding hydrogens is 432 g/mol. The Morgan fingerprint density at radius 2 is 1.90 bits per heavy atom. The van der Waals surface area contributed by atoms with Crippen LogP contribution in [0.25, 0.3) is 0 Å². The summed E-state index contributed by atoms with van der Waals surface area (Å²) in [6, 6.07) is 8.01. The van der Waals surface area contributed by atoms with Crippen molar-refractivity contribution in [1.29, 1.82) is 0 Å². The van der Waals surface area contributed by atoms with Gasteiger partial charge in [0.1, 0.15) is 16.5 Å². The third-order valence-electron chi connectivity index (χ3n) is 6.97. The van der Waals surface area contributed by atoms with Crippen LogP contribution < -0.4 is 10.2 Å². The summed E-state index contributed by atoms with van der Waals surface area (Å²) in [6.07, 6.45) is 6.65. The highest BCUT2D eigenvalue weighted by Crippen LogP contribution is 2.39. The summed E-state index contributed by atoms with van der Waals surface area (Å²) in [5, 5.41) is 14.2. The second-order valence-corrected chi connectivity index (χ2v) is 11.0. The molecule has 2 fully saturated rings. The summed E-state index contributed by atoms with van der Waals surface area (Å²) in [5.41, 5.74) is 1.81. The number of rotatable bonds is 5. The SMILES string of the molecule is O=[S@@]1CCCc2nc(C3CCN(c4ccc(Cl)cc4)CC3)nc(NC3(CO)CCC3)c21. The molecule has 0 unspecified atom stereocenters. The van der Waals surface area contributed by atoms with E-state index in [4.69, 9.17) is 21.6 Å². The molecule has 0 amide bonds. The second kappa shape index (κ2) is 8.68. The van der Waals surface area contributed by atoms with Crippen LogP contribution in [0.5, 0.6) is 0 Å². The van der Waals surface area contributed by atoms with Gasteiger partial charge in [0.15, 0.2) is 0 Å². The van der Waals surface area contributed by atoms with Gasteiger partial charge in [-0.05, 0) is 69.2 Å². The molecule has 5 rings (SSSR count). The number of nitrogens with zero attached hydrogens (tertiary/aromatic N) is 3. The largest absolute Gasteiger partial charge is 0.394 e. The number of fused-ring (bicyclic) bond motifs is 1. The van der Waals surface area contributed by atoms with Gasteiger partial charge >= 0.3 is 0 Å². The van der Waals surface area contributed by atoms with E-state index in [1.165, 1.54) is 5.69 Å². The molecule has 8 heteroatoms. The minimum Gasteiger partial charge on any atom is -0.394 e. The maximum Gasteiger partial charge on any atom is 0.146 e. The van der Waals surface area contributed by atoms with Gasteiger partial charge in [0, 0.05) is 35.5 Å². The molecule has 0 bridgehead atoms. The first-order valence-electron chi connectivity index (χ1n) is 11.3. The topological polar surface area (TPSA) is 78.4 Å². The minimum atomic E-state index is -1.08. The van der Waals surface area contributed by atoms with Gasteiger partial charge in [-0.25, -0.2) is 9.97 Å². The van der Waals surface area contributed by atoms with Crippen LogP contribution in [0.1, 0.15) is 56.0 Å². The van der Waals surface area contributed by atoms with E-state index in [9.17, 15) is 9.32 Å². The van der Waals surface area contributed by atoms with Crippen LogP contribution in [-0.4, -0.2) is 50.3 Å². The van der Waals surface area contributed by atoms with Gasteiger partial charge in [-0.2, -0.15) is 0 Å². The third kappa shape index (κ3) is 4.20. The van der Waals surface area contributed by atoms with Gasteiger partial charge in [-0.3, -0.25) is 4.21 Å². The predicted molar refractivity (Wildman–Crippen MR) is 125 cm³/mol. The van der Waals surface area contributed by atoms with Crippen molar-refractivity contribution in [3.63, 3.8) is 0 Å². The lowest BCUT2D eigenvalue weighted by atomic mass is 9.77. The van der Waals surface area contributed by atoms with Crippen LogP contribution in [0.15, 0.2) is 29.2 Å². The molecule has 3 heterocycles. The normalized spacial score (nSPS) is 23.2. The smallest absolute Gasteiger partial charge is 0.146 e. The van der Waals surface area contributed by atoms with Crippen LogP contribution in [0.3, 0.4) is 0 Å². The minimum absolute atomic E-state index is 0.0766. The standard InChI is InChI=1S/C23H29ClN4O2S/c24-17-4-6-18(7-5-17)28-12-8-16(9-13-28)21-25-19-3-1-14-31(30)20(19)22(26-21)27-23(15-29)10-2-11-23/h4-7,16,29H,1-3,8-15H2,(H,25,26,27)/t31-/m1/s1. The van der Waals surface area contributed by atoms with E-state index in [0.717, 1.165) is 79.5 Å². The molecule has 2 aliphatic heterocycles. The Morgan fingerprint density at radius 1 is 1.16 bits per heavy atom. The summed E-state index contributed by atoms with van der Waals surface area (Å²) in [4.78, 5) is 13.0.